The molecule has 0 aliphatic rings. The van der Waals surface area contributed by atoms with E-state index in [-0.39, 0.29) is 11.3 Å². The van der Waals surface area contributed by atoms with Gasteiger partial charge in [0, 0.05) is 15.9 Å². The Bertz CT molecular complexity index is 486. The first-order valence-electron chi connectivity index (χ1n) is 7.19. The molecule has 0 saturated heterocycles. The topological polar surface area (TPSA) is 55.1 Å². The predicted octanol–water partition coefficient (Wildman–Crippen LogP) is 4.83. The zero-order valence-corrected chi connectivity index (χ0v) is 15.2. The molecular formula is C16H24BrClN2O. The Morgan fingerprint density at radius 1 is 1.38 bits per heavy atom. The third kappa shape index (κ3) is 6.37. The lowest BCUT2D eigenvalue weighted by atomic mass is 9.76. The van der Waals surface area contributed by atoms with E-state index in [1.807, 2.05) is 6.07 Å². The maximum atomic E-state index is 12.1. The van der Waals surface area contributed by atoms with Crippen molar-refractivity contribution in [3.05, 3.63) is 27.7 Å². The van der Waals surface area contributed by atoms with Crippen molar-refractivity contribution in [2.24, 2.45) is 17.1 Å². The number of rotatable bonds is 6. The Kier molecular flexibility index (Phi) is 7.17. The molecule has 0 fully saturated rings. The Morgan fingerprint density at radius 2 is 2.05 bits per heavy atom. The van der Waals surface area contributed by atoms with E-state index in [4.69, 9.17) is 17.3 Å². The van der Waals surface area contributed by atoms with E-state index in [1.54, 1.807) is 12.1 Å². The van der Waals surface area contributed by atoms with Crippen LogP contribution < -0.4 is 11.1 Å². The van der Waals surface area contributed by atoms with Crippen molar-refractivity contribution in [1.29, 1.82) is 0 Å². The third-order valence-electron chi connectivity index (χ3n) is 3.66. The van der Waals surface area contributed by atoms with Crippen LogP contribution in [0.2, 0.25) is 5.02 Å². The lowest BCUT2D eigenvalue weighted by Crippen LogP contribution is -2.25. The lowest BCUT2D eigenvalue weighted by Gasteiger charge is -2.30. The summed E-state index contributed by atoms with van der Waals surface area (Å²) >= 11 is 9.35. The molecule has 0 heterocycles. The van der Waals surface area contributed by atoms with Crippen LogP contribution >= 0.6 is 27.5 Å². The fourth-order valence-electron chi connectivity index (χ4n) is 2.32. The summed E-state index contributed by atoms with van der Waals surface area (Å²) in [4.78, 5) is 12.1. The zero-order valence-electron chi connectivity index (χ0n) is 12.9. The van der Waals surface area contributed by atoms with Gasteiger partial charge in [0.15, 0.2) is 0 Å². The van der Waals surface area contributed by atoms with Crippen LogP contribution in [-0.2, 0) is 4.79 Å². The molecule has 0 bridgehead atoms. The Labute approximate surface area is 140 Å². The Balaban J connectivity index is 2.59. The van der Waals surface area contributed by atoms with Gasteiger partial charge in [0.05, 0.1) is 5.69 Å². The summed E-state index contributed by atoms with van der Waals surface area (Å²) in [6.07, 6.45) is 2.27. The summed E-state index contributed by atoms with van der Waals surface area (Å²) in [5.74, 6) is 0.445. The summed E-state index contributed by atoms with van der Waals surface area (Å²) in [7, 11) is 0. The predicted molar refractivity (Wildman–Crippen MR) is 93.6 cm³/mol. The van der Waals surface area contributed by atoms with Crippen LogP contribution in [-0.4, -0.2) is 12.5 Å². The van der Waals surface area contributed by atoms with E-state index >= 15 is 0 Å². The van der Waals surface area contributed by atoms with Crippen molar-refractivity contribution in [2.75, 3.05) is 11.9 Å². The number of hydrogen-bond donors (Lipinski definition) is 2. The summed E-state index contributed by atoms with van der Waals surface area (Å²) in [6.45, 7) is 7.24. The smallest absolute Gasteiger partial charge is 0.224 e. The molecule has 0 aromatic heterocycles. The van der Waals surface area contributed by atoms with Gasteiger partial charge in [-0.05, 0) is 64.8 Å². The van der Waals surface area contributed by atoms with Gasteiger partial charge in [-0.3, -0.25) is 4.79 Å². The molecule has 0 aliphatic heterocycles. The molecule has 0 radical (unpaired) electrons. The zero-order chi connectivity index (χ0) is 16.0. The van der Waals surface area contributed by atoms with E-state index in [9.17, 15) is 4.79 Å². The number of nitrogens with two attached hydrogens (primary N) is 1. The average Bonchev–Trinajstić information content (AvgIpc) is 2.37. The standard InChI is InChI=1S/C16H24BrClN2O/c1-16(2,3)11(8-9-19)4-7-15(21)20-14-10-12(18)5-6-13(14)17/h5-6,10-11H,4,7-9,19H2,1-3H3,(H,20,21). The minimum Gasteiger partial charge on any atom is -0.330 e. The number of carbonyl (C=O) groups excluding carboxylic acids is 1. The first-order valence-corrected chi connectivity index (χ1v) is 8.36. The number of halogens is 2. The molecule has 21 heavy (non-hydrogen) atoms. The monoisotopic (exact) mass is 374 g/mol. The van der Waals surface area contributed by atoms with E-state index in [0.717, 1.165) is 17.3 Å². The van der Waals surface area contributed by atoms with Gasteiger partial charge in [-0.15, -0.1) is 0 Å². The average molecular weight is 376 g/mol. The highest BCUT2D eigenvalue weighted by molar-refractivity contribution is 9.10. The van der Waals surface area contributed by atoms with Crippen molar-refractivity contribution < 1.29 is 4.79 Å². The molecule has 5 heteroatoms. The van der Waals surface area contributed by atoms with E-state index in [1.165, 1.54) is 0 Å². The minimum absolute atomic E-state index is 0.00392. The van der Waals surface area contributed by atoms with Crippen molar-refractivity contribution in [3.8, 4) is 0 Å². The van der Waals surface area contributed by atoms with Crippen LogP contribution in [0.25, 0.3) is 0 Å². The van der Waals surface area contributed by atoms with Gasteiger partial charge in [0.2, 0.25) is 5.91 Å². The minimum atomic E-state index is 0.00392. The van der Waals surface area contributed by atoms with Crippen LogP contribution in [0.4, 0.5) is 5.69 Å². The van der Waals surface area contributed by atoms with Crippen LogP contribution in [0, 0.1) is 11.3 Å². The maximum absolute atomic E-state index is 12.1. The first-order chi connectivity index (χ1) is 9.74. The van der Waals surface area contributed by atoms with E-state index in [2.05, 4.69) is 42.0 Å². The highest BCUT2D eigenvalue weighted by Crippen LogP contribution is 2.32. The molecule has 1 aromatic rings. The molecular weight excluding hydrogens is 352 g/mol. The van der Waals surface area contributed by atoms with Gasteiger partial charge in [-0.2, -0.15) is 0 Å². The highest BCUT2D eigenvalue weighted by atomic mass is 79.9. The molecule has 1 aromatic carbocycles. The second-order valence-electron chi connectivity index (χ2n) is 6.35. The molecule has 0 spiro atoms. The summed E-state index contributed by atoms with van der Waals surface area (Å²) in [5.41, 5.74) is 6.54. The van der Waals surface area contributed by atoms with Crippen LogP contribution in [0.5, 0.6) is 0 Å². The van der Waals surface area contributed by atoms with Crippen molar-refractivity contribution >= 4 is 39.1 Å². The quantitative estimate of drug-likeness (QED) is 0.748. The lowest BCUT2D eigenvalue weighted by molar-refractivity contribution is -0.116. The summed E-state index contributed by atoms with van der Waals surface area (Å²) in [6, 6.07) is 5.34. The number of nitrogens with one attached hydrogen (secondary N) is 1. The number of hydrogen-bond acceptors (Lipinski definition) is 2. The third-order valence-corrected chi connectivity index (χ3v) is 4.59. The molecule has 1 rings (SSSR count). The van der Waals surface area contributed by atoms with Gasteiger partial charge < -0.3 is 11.1 Å². The number of anilines is 1. The van der Waals surface area contributed by atoms with Crippen molar-refractivity contribution in [3.63, 3.8) is 0 Å². The maximum Gasteiger partial charge on any atom is 0.224 e. The highest BCUT2D eigenvalue weighted by Gasteiger charge is 2.24. The number of amides is 1. The summed E-state index contributed by atoms with van der Waals surface area (Å²) in [5, 5.41) is 3.50. The van der Waals surface area contributed by atoms with Gasteiger partial charge in [0.25, 0.3) is 0 Å². The molecule has 1 unspecified atom stereocenters. The second kappa shape index (κ2) is 8.16. The molecule has 0 aliphatic carbocycles. The fourth-order valence-corrected chi connectivity index (χ4v) is 2.84. The molecule has 3 N–H and O–H groups in total. The first kappa shape index (κ1) is 18.5. The molecule has 3 nitrogen and oxygen atoms in total. The summed E-state index contributed by atoms with van der Waals surface area (Å²) < 4.78 is 0.828. The van der Waals surface area contributed by atoms with Crippen LogP contribution in [0.1, 0.15) is 40.0 Å². The molecule has 1 amide bonds. The largest absolute Gasteiger partial charge is 0.330 e. The van der Waals surface area contributed by atoms with Crippen LogP contribution in [0.3, 0.4) is 0 Å². The van der Waals surface area contributed by atoms with Gasteiger partial charge >= 0.3 is 0 Å². The van der Waals surface area contributed by atoms with Gasteiger partial charge in [-0.25, -0.2) is 0 Å². The molecule has 118 valence electrons. The van der Waals surface area contributed by atoms with Crippen molar-refractivity contribution in [2.45, 2.75) is 40.0 Å². The Hall–Kier alpha value is -0.580. The van der Waals surface area contributed by atoms with Gasteiger partial charge in [-0.1, -0.05) is 32.4 Å². The Morgan fingerprint density at radius 3 is 2.62 bits per heavy atom. The van der Waals surface area contributed by atoms with E-state index in [0.29, 0.717) is 29.6 Å². The number of benzene rings is 1. The second-order valence-corrected chi connectivity index (χ2v) is 7.64. The van der Waals surface area contributed by atoms with E-state index < -0.39 is 0 Å². The molecule has 1 atom stereocenters. The number of carbonyl (C=O) groups is 1. The van der Waals surface area contributed by atoms with Gasteiger partial charge in [0.1, 0.15) is 0 Å². The SMILES string of the molecule is CC(C)(C)C(CCN)CCC(=O)Nc1cc(Cl)ccc1Br. The molecule has 0 saturated carbocycles. The van der Waals surface area contributed by atoms with Crippen molar-refractivity contribution in [1.82, 2.24) is 0 Å². The normalized spacial score (nSPS) is 13.0. The fraction of sp³-hybridized carbons (Fsp3) is 0.562. The van der Waals surface area contributed by atoms with Crippen LogP contribution in [0.15, 0.2) is 22.7 Å².